The molecular formula is C78H74O28. The molecule has 28 heteroatoms. The largest absolute Gasteiger partial charge is 0.463 e. The molecule has 0 unspecified atom stereocenters. The van der Waals surface area contributed by atoms with Crippen LogP contribution in [0.4, 0.5) is 0 Å². The van der Waals surface area contributed by atoms with Gasteiger partial charge < -0.3 is 85.3 Å². The minimum atomic E-state index is -1.97. The van der Waals surface area contributed by atoms with Crippen molar-refractivity contribution >= 4 is 59.7 Å². The second kappa shape index (κ2) is 36.6. The maximum Gasteiger partial charge on any atom is 0.338 e. The van der Waals surface area contributed by atoms with Gasteiger partial charge in [0.2, 0.25) is 0 Å². The zero-order chi connectivity index (χ0) is 74.6. The lowest BCUT2D eigenvalue weighted by Gasteiger charge is -2.44. The van der Waals surface area contributed by atoms with Gasteiger partial charge in [-0.1, -0.05) is 140 Å². The van der Waals surface area contributed by atoms with Gasteiger partial charge in [-0.3, -0.25) is 19.2 Å². The Morgan fingerprint density at radius 2 is 0.528 bits per heavy atom. The van der Waals surface area contributed by atoms with Crippen LogP contribution in [0.2, 0.25) is 0 Å². The number of esters is 10. The summed E-state index contributed by atoms with van der Waals surface area (Å²) < 4.78 is 114. The molecule has 0 radical (unpaired) electrons. The van der Waals surface area contributed by atoms with Crippen LogP contribution < -0.4 is 0 Å². The highest BCUT2D eigenvalue weighted by atomic mass is 16.8. The first-order valence-electron chi connectivity index (χ1n) is 33.7. The van der Waals surface area contributed by atoms with E-state index in [1.54, 1.807) is 140 Å². The van der Waals surface area contributed by atoms with Crippen LogP contribution in [-0.4, -0.2) is 191 Å². The van der Waals surface area contributed by atoms with Crippen LogP contribution in [0, 0.1) is 0 Å². The highest BCUT2D eigenvalue weighted by molar-refractivity contribution is 5.92. The molecule has 0 bridgehead atoms. The van der Waals surface area contributed by atoms with Gasteiger partial charge >= 0.3 is 59.7 Å². The van der Waals surface area contributed by atoms with Crippen LogP contribution in [0.1, 0.15) is 95.4 Å². The van der Waals surface area contributed by atoms with Gasteiger partial charge in [-0.05, 0) is 78.4 Å². The Bertz CT molecular complexity index is 4120. The fraction of sp³-hybridized carbons (Fsp3) is 0.333. The normalized spacial score (nSPS) is 25.8. The maximum absolute atomic E-state index is 14.7. The van der Waals surface area contributed by atoms with Gasteiger partial charge in [0, 0.05) is 27.7 Å². The van der Waals surface area contributed by atoms with Gasteiger partial charge in [0.25, 0.3) is 0 Å². The van der Waals surface area contributed by atoms with E-state index in [-0.39, 0.29) is 40.0 Å². The monoisotopic (exact) mass is 1460 g/mol. The summed E-state index contributed by atoms with van der Waals surface area (Å²) in [6.45, 7) is 1.11. The van der Waals surface area contributed by atoms with Gasteiger partial charge in [0.1, 0.15) is 56.4 Å². The summed E-state index contributed by atoms with van der Waals surface area (Å²) in [6.07, 6.45) is -29.6. The van der Waals surface area contributed by atoms with Crippen molar-refractivity contribution in [3.05, 3.63) is 251 Å². The molecule has 0 N–H and O–H groups in total. The summed E-state index contributed by atoms with van der Waals surface area (Å²) in [5.74, 6) is -9.17. The van der Waals surface area contributed by atoms with E-state index in [0.29, 0.717) is 5.56 Å². The van der Waals surface area contributed by atoms with E-state index in [9.17, 15) is 47.9 Å². The number of benzene rings is 7. The smallest absolute Gasteiger partial charge is 0.338 e. The molecule has 4 fully saturated rings. The average Bonchev–Trinajstić information content (AvgIpc) is 1.59. The van der Waals surface area contributed by atoms with E-state index in [4.69, 9.17) is 85.3 Å². The summed E-state index contributed by atoms with van der Waals surface area (Å²) in [5.41, 5.74) is 0.933. The Morgan fingerprint density at radius 3 is 0.896 bits per heavy atom. The van der Waals surface area contributed by atoms with Crippen LogP contribution in [-0.2, 0) is 111 Å². The van der Waals surface area contributed by atoms with Crippen LogP contribution in [0.25, 0.3) is 0 Å². The third-order valence-electron chi connectivity index (χ3n) is 16.8. The molecule has 7 aromatic carbocycles. The van der Waals surface area contributed by atoms with E-state index >= 15 is 0 Å². The van der Waals surface area contributed by atoms with Crippen LogP contribution in [0.15, 0.2) is 212 Å². The molecule has 554 valence electrons. The fourth-order valence-corrected chi connectivity index (χ4v) is 11.9. The van der Waals surface area contributed by atoms with Crippen molar-refractivity contribution in [2.24, 2.45) is 0 Å². The first-order chi connectivity index (χ1) is 51.3. The molecule has 106 heavy (non-hydrogen) atoms. The highest BCUT2D eigenvalue weighted by Crippen LogP contribution is 2.40. The van der Waals surface area contributed by atoms with E-state index < -0.39 is 191 Å². The van der Waals surface area contributed by atoms with Crippen molar-refractivity contribution in [1.29, 1.82) is 0 Å². The SMILES string of the molecule is CC(=O)OC[C@H]1O[C@H](OC[C@H]2O[C@H](OCc3ccccc3)[C@@H](O[C@H]3O[C@H](COC(=O)c4ccccc4)[C@@H](OC(=O)c4ccccc4)[C@@H]3OC(=O)c3ccccc3)[C@@H]2O[C@H]2O[C@H](COC(=O)c3ccccc3)[C@@H](OC(=O)c3ccccc3)[C@@H]2OC(=O)c2ccccc2)[C@@H](OC(C)=O)[C@@H](OC(C)=O)[C@@H]1OC(C)=O. The van der Waals surface area contributed by atoms with E-state index in [0.717, 1.165) is 27.7 Å². The summed E-state index contributed by atoms with van der Waals surface area (Å²) in [7, 11) is 0. The standard InChI is InChI=1S/C78H74O28/c1-45(79)89-41-56-60(94-46(2)80)64(95-47(3)81)68(96-48(4)82)76(97-56)93-44-59-63(105-77-66(103-73(87)54-36-22-10-23-37-54)61(101-71(85)52-32-18-8-19-33-52)57(99-77)42-90-69(83)50-28-14-6-15-29-50)65(75(98-59)92-40-49-26-12-5-13-27-49)106-78-67(104-74(88)55-38-24-11-25-39-55)62(102-72(86)53-34-20-9-21-35-53)58(100-78)43-91-70(84)51-30-16-7-17-31-51/h5-39,56-68,75-78H,40-44H2,1-4H3/t56-,57-,58-,59-,60-,61-,62-,63-,64+,65+,66+,67+,68+,75+,76+,77-,78-/m1/s1. The number of hydrogen-bond donors (Lipinski definition) is 0. The molecule has 0 spiro atoms. The van der Waals surface area contributed by atoms with E-state index in [1.165, 1.54) is 72.8 Å². The molecule has 28 nitrogen and oxygen atoms in total. The minimum Gasteiger partial charge on any atom is -0.463 e. The fourth-order valence-electron chi connectivity index (χ4n) is 11.9. The Morgan fingerprint density at radius 1 is 0.255 bits per heavy atom. The zero-order valence-corrected chi connectivity index (χ0v) is 57.5. The first-order valence-corrected chi connectivity index (χ1v) is 33.7. The summed E-state index contributed by atoms with van der Waals surface area (Å²) in [6, 6.07) is 55.5. The number of ether oxygens (including phenoxy) is 18. The lowest BCUT2D eigenvalue weighted by molar-refractivity contribution is -0.314. The highest BCUT2D eigenvalue weighted by Gasteiger charge is 2.60. The minimum absolute atomic E-state index is 0.00483. The van der Waals surface area contributed by atoms with Crippen molar-refractivity contribution in [2.45, 2.75) is 139 Å². The first kappa shape index (κ1) is 76.1. The van der Waals surface area contributed by atoms with Crippen LogP contribution in [0.3, 0.4) is 0 Å². The molecule has 0 amide bonds. The lowest BCUT2D eigenvalue weighted by atomic mass is 9.98. The number of carbonyl (C=O) groups is 10. The molecule has 7 aromatic rings. The molecule has 4 saturated heterocycles. The summed E-state index contributed by atoms with van der Waals surface area (Å²) >= 11 is 0. The van der Waals surface area contributed by atoms with E-state index in [1.807, 2.05) is 0 Å². The van der Waals surface area contributed by atoms with Crippen LogP contribution >= 0.6 is 0 Å². The van der Waals surface area contributed by atoms with Crippen molar-refractivity contribution in [2.75, 3.05) is 26.4 Å². The predicted molar refractivity (Wildman–Crippen MR) is 361 cm³/mol. The molecule has 0 aliphatic carbocycles. The van der Waals surface area contributed by atoms with Gasteiger partial charge in [-0.25, -0.2) is 28.8 Å². The molecular weight excluding hydrogens is 1380 g/mol. The molecule has 0 aromatic heterocycles. The molecule has 0 saturated carbocycles. The molecule has 4 heterocycles. The van der Waals surface area contributed by atoms with Gasteiger partial charge in [-0.15, -0.1) is 0 Å². The topological polar surface area (TPSA) is 337 Å². The van der Waals surface area contributed by atoms with Crippen molar-refractivity contribution in [3.8, 4) is 0 Å². The molecule has 11 rings (SSSR count). The van der Waals surface area contributed by atoms with Crippen molar-refractivity contribution in [3.63, 3.8) is 0 Å². The Balaban J connectivity index is 1.05. The second-order valence-corrected chi connectivity index (χ2v) is 24.4. The third kappa shape index (κ3) is 20.0. The molecule has 4 aliphatic rings. The number of carbonyl (C=O) groups excluding carboxylic acids is 10. The molecule has 4 aliphatic heterocycles. The number of hydrogen-bond acceptors (Lipinski definition) is 28. The van der Waals surface area contributed by atoms with Crippen LogP contribution in [0.5, 0.6) is 0 Å². The van der Waals surface area contributed by atoms with Gasteiger partial charge in [0.15, 0.2) is 67.9 Å². The number of rotatable bonds is 29. The Labute approximate surface area is 607 Å². The Kier molecular flexibility index (Phi) is 26.2. The third-order valence-corrected chi connectivity index (χ3v) is 16.8. The lowest BCUT2D eigenvalue weighted by Crippen LogP contribution is -2.63. The van der Waals surface area contributed by atoms with Gasteiger partial charge in [-0.2, -0.15) is 0 Å². The predicted octanol–water partition coefficient (Wildman–Crippen LogP) is 7.86. The quantitative estimate of drug-likeness (QED) is 0.0318. The maximum atomic E-state index is 14.7. The van der Waals surface area contributed by atoms with E-state index in [2.05, 4.69) is 0 Å². The zero-order valence-electron chi connectivity index (χ0n) is 57.5. The molecule has 17 atom stereocenters. The van der Waals surface area contributed by atoms with Gasteiger partial charge in [0.05, 0.1) is 46.6 Å². The van der Waals surface area contributed by atoms with Crippen molar-refractivity contribution in [1.82, 2.24) is 0 Å². The van der Waals surface area contributed by atoms with Crippen molar-refractivity contribution < 1.29 is 133 Å². The average molecular weight is 1460 g/mol. The summed E-state index contributed by atoms with van der Waals surface area (Å²) in [4.78, 5) is 137. The Hall–Kier alpha value is -11.1. The summed E-state index contributed by atoms with van der Waals surface area (Å²) in [5, 5.41) is 0. The second-order valence-electron chi connectivity index (χ2n) is 24.4.